The second kappa shape index (κ2) is 6.05. The number of ether oxygens (including phenoxy) is 1. The van der Waals surface area contributed by atoms with Gasteiger partial charge in [-0.05, 0) is 39.9 Å². The second-order valence-corrected chi connectivity index (χ2v) is 6.86. The third-order valence-electron chi connectivity index (χ3n) is 2.80. The van der Waals surface area contributed by atoms with Crippen molar-refractivity contribution < 1.29 is 18.1 Å². The van der Waals surface area contributed by atoms with Crippen molar-refractivity contribution in [2.75, 3.05) is 6.61 Å². The fourth-order valence-corrected chi connectivity index (χ4v) is 3.68. The van der Waals surface area contributed by atoms with E-state index in [4.69, 9.17) is 4.74 Å². The molecule has 22 heavy (non-hydrogen) atoms. The molecule has 0 spiro atoms. The number of aromatic nitrogens is 2. The Morgan fingerprint density at radius 3 is 2.73 bits per heavy atom. The second-order valence-electron chi connectivity index (χ2n) is 4.22. The highest BCUT2D eigenvalue weighted by Gasteiger charge is 2.32. The van der Waals surface area contributed by atoms with Gasteiger partial charge in [0.25, 0.3) is 0 Å². The van der Waals surface area contributed by atoms with Crippen molar-refractivity contribution in [3.05, 3.63) is 44.8 Å². The number of nitro groups is 1. The van der Waals surface area contributed by atoms with Crippen LogP contribution in [0, 0.1) is 17.0 Å². The molecule has 0 fully saturated rings. The van der Waals surface area contributed by atoms with Gasteiger partial charge in [0, 0.05) is 13.0 Å². The molecule has 0 unspecified atom stereocenters. The average molecular weight is 390 g/mol. The van der Waals surface area contributed by atoms with E-state index in [1.807, 2.05) is 0 Å². The first-order chi connectivity index (χ1) is 10.3. The number of rotatable bonds is 5. The zero-order chi connectivity index (χ0) is 16.5. The van der Waals surface area contributed by atoms with Gasteiger partial charge in [0.2, 0.25) is 5.82 Å². The van der Waals surface area contributed by atoms with Crippen molar-refractivity contribution in [1.82, 2.24) is 8.96 Å². The summed E-state index contributed by atoms with van der Waals surface area (Å²) in [6.07, 6.45) is 0.912. The first-order valence-corrected chi connectivity index (χ1v) is 8.39. The molecular formula is C12H12BrN3O5S. The van der Waals surface area contributed by atoms with Crippen LogP contribution < -0.4 is 4.74 Å². The Labute approximate surface area is 135 Å². The van der Waals surface area contributed by atoms with E-state index < -0.39 is 20.8 Å². The quantitative estimate of drug-likeness (QED) is 0.574. The molecule has 8 nitrogen and oxygen atoms in total. The van der Waals surface area contributed by atoms with E-state index in [1.54, 1.807) is 6.92 Å². The van der Waals surface area contributed by atoms with Crippen molar-refractivity contribution in [1.29, 1.82) is 0 Å². The standard InChI is InChI=1S/C12H12BrN3O5S/c1-3-21-11-6-9(4-5-10(11)13)22(19,20)15-8(2)14-7-12(15)16(17)18/h4-7H,3H2,1-2H3. The van der Waals surface area contributed by atoms with Gasteiger partial charge >= 0.3 is 15.8 Å². The van der Waals surface area contributed by atoms with Crippen LogP contribution >= 0.6 is 15.9 Å². The molecular weight excluding hydrogens is 378 g/mol. The highest BCUT2D eigenvalue weighted by atomic mass is 79.9. The van der Waals surface area contributed by atoms with Crippen LogP contribution in [0.2, 0.25) is 0 Å². The maximum Gasteiger partial charge on any atom is 0.358 e. The fraction of sp³-hybridized carbons (Fsp3) is 0.250. The molecule has 118 valence electrons. The minimum absolute atomic E-state index is 0.00702. The van der Waals surface area contributed by atoms with E-state index in [-0.39, 0.29) is 10.7 Å². The molecule has 0 aliphatic rings. The molecule has 1 aromatic carbocycles. The van der Waals surface area contributed by atoms with Crippen LogP contribution in [0.3, 0.4) is 0 Å². The molecule has 2 rings (SSSR count). The van der Waals surface area contributed by atoms with Gasteiger partial charge in [0.15, 0.2) is 0 Å². The summed E-state index contributed by atoms with van der Waals surface area (Å²) in [5, 5.41) is 11.0. The molecule has 0 bridgehead atoms. The van der Waals surface area contributed by atoms with Crippen LogP contribution in [0.15, 0.2) is 33.8 Å². The first-order valence-electron chi connectivity index (χ1n) is 6.15. The maximum absolute atomic E-state index is 12.7. The van der Waals surface area contributed by atoms with E-state index in [0.717, 1.165) is 6.20 Å². The molecule has 2 aromatic rings. The zero-order valence-electron chi connectivity index (χ0n) is 11.7. The minimum Gasteiger partial charge on any atom is -0.493 e. The van der Waals surface area contributed by atoms with E-state index in [9.17, 15) is 18.5 Å². The van der Waals surface area contributed by atoms with Crippen LogP contribution in [0.5, 0.6) is 5.75 Å². The summed E-state index contributed by atoms with van der Waals surface area (Å²) in [5.74, 6) is -0.269. The van der Waals surface area contributed by atoms with Crippen molar-refractivity contribution >= 4 is 31.8 Å². The van der Waals surface area contributed by atoms with Gasteiger partial charge in [0.1, 0.15) is 16.8 Å². The summed E-state index contributed by atoms with van der Waals surface area (Å²) in [6.45, 7) is 3.50. The van der Waals surface area contributed by atoms with Crippen LogP contribution in [-0.2, 0) is 10.0 Å². The normalized spacial score (nSPS) is 11.4. The van der Waals surface area contributed by atoms with Gasteiger partial charge < -0.3 is 14.9 Å². The summed E-state index contributed by atoms with van der Waals surface area (Å²) in [4.78, 5) is 13.8. The van der Waals surface area contributed by atoms with Gasteiger partial charge in [-0.15, -0.1) is 0 Å². The summed E-state index contributed by atoms with van der Waals surface area (Å²) in [7, 11) is -4.15. The Balaban J connectivity index is 2.64. The van der Waals surface area contributed by atoms with E-state index in [1.165, 1.54) is 25.1 Å². The smallest absolute Gasteiger partial charge is 0.358 e. The SMILES string of the molecule is CCOc1cc(S(=O)(=O)n2c([N+](=O)[O-])cnc2C)ccc1Br. The lowest BCUT2D eigenvalue weighted by atomic mass is 10.3. The lowest BCUT2D eigenvalue weighted by Gasteiger charge is -2.09. The van der Waals surface area contributed by atoms with Crippen molar-refractivity contribution in [3.63, 3.8) is 0 Å². The van der Waals surface area contributed by atoms with Crippen LogP contribution in [-0.4, -0.2) is 28.9 Å². The number of aryl methyl sites for hydroxylation is 1. The average Bonchev–Trinajstić information content (AvgIpc) is 2.84. The molecule has 1 aromatic heterocycles. The molecule has 0 saturated heterocycles. The lowest BCUT2D eigenvalue weighted by molar-refractivity contribution is -0.390. The molecule has 0 aliphatic carbocycles. The highest BCUT2D eigenvalue weighted by molar-refractivity contribution is 9.10. The number of nitrogens with zero attached hydrogens (tertiary/aromatic N) is 3. The summed E-state index contributed by atoms with van der Waals surface area (Å²) < 4.78 is 31.8. The molecule has 0 amide bonds. The monoisotopic (exact) mass is 389 g/mol. The highest BCUT2D eigenvalue weighted by Crippen LogP contribution is 2.30. The number of hydrogen-bond acceptors (Lipinski definition) is 6. The van der Waals surface area contributed by atoms with Gasteiger partial charge in [0.05, 0.1) is 11.1 Å². The van der Waals surface area contributed by atoms with E-state index >= 15 is 0 Å². The number of hydrogen-bond donors (Lipinski definition) is 0. The first kappa shape index (κ1) is 16.4. The molecule has 0 radical (unpaired) electrons. The Bertz CT molecular complexity index is 831. The summed E-state index contributed by atoms with van der Waals surface area (Å²) in [5.41, 5.74) is 0. The van der Waals surface area contributed by atoms with Crippen molar-refractivity contribution in [3.8, 4) is 5.75 Å². The van der Waals surface area contributed by atoms with Crippen LogP contribution in [0.1, 0.15) is 12.7 Å². The molecule has 0 saturated carbocycles. The molecule has 10 heteroatoms. The summed E-state index contributed by atoms with van der Waals surface area (Å²) >= 11 is 3.25. The molecule has 1 heterocycles. The Hall–Kier alpha value is -1.94. The predicted octanol–water partition coefficient (Wildman–Crippen LogP) is 2.50. The van der Waals surface area contributed by atoms with Crippen LogP contribution in [0.25, 0.3) is 0 Å². The van der Waals surface area contributed by atoms with Crippen molar-refractivity contribution in [2.24, 2.45) is 0 Å². The van der Waals surface area contributed by atoms with Crippen LogP contribution in [0.4, 0.5) is 5.82 Å². The van der Waals surface area contributed by atoms with Crippen molar-refractivity contribution in [2.45, 2.75) is 18.7 Å². The molecule has 0 N–H and O–H groups in total. The predicted molar refractivity (Wildman–Crippen MR) is 81.5 cm³/mol. The molecule has 0 atom stereocenters. The fourth-order valence-electron chi connectivity index (χ4n) is 1.86. The Morgan fingerprint density at radius 1 is 1.45 bits per heavy atom. The van der Waals surface area contributed by atoms with Gasteiger partial charge in [-0.25, -0.2) is 4.98 Å². The lowest BCUT2D eigenvalue weighted by Crippen LogP contribution is -2.17. The van der Waals surface area contributed by atoms with Gasteiger partial charge in [-0.3, -0.25) is 0 Å². The maximum atomic E-state index is 12.7. The Kier molecular flexibility index (Phi) is 4.52. The van der Waals surface area contributed by atoms with E-state index in [0.29, 0.717) is 20.8 Å². The molecule has 0 aliphatic heterocycles. The van der Waals surface area contributed by atoms with E-state index in [2.05, 4.69) is 20.9 Å². The number of halogens is 1. The Morgan fingerprint density at radius 2 is 2.14 bits per heavy atom. The third-order valence-corrected chi connectivity index (χ3v) is 5.23. The van der Waals surface area contributed by atoms with Gasteiger partial charge in [-0.1, -0.05) is 3.97 Å². The minimum atomic E-state index is -4.15. The topological polar surface area (TPSA) is 104 Å². The van der Waals surface area contributed by atoms with Gasteiger partial charge in [-0.2, -0.15) is 8.42 Å². The third kappa shape index (κ3) is 2.83. The zero-order valence-corrected chi connectivity index (χ0v) is 14.1. The number of imidazole rings is 1. The summed E-state index contributed by atoms with van der Waals surface area (Å²) in [6, 6.07) is 4.16. The largest absolute Gasteiger partial charge is 0.493 e. The number of benzene rings is 1.